The summed E-state index contributed by atoms with van der Waals surface area (Å²) in [7, 11) is 0. The van der Waals surface area contributed by atoms with Crippen LogP contribution in [0, 0.1) is 0 Å². The maximum Gasteiger partial charge on any atom is 0.143 e. The second-order valence-corrected chi connectivity index (χ2v) is 12.9. The van der Waals surface area contributed by atoms with Crippen molar-refractivity contribution in [2.45, 2.75) is 0 Å². The van der Waals surface area contributed by atoms with Gasteiger partial charge in [0.05, 0.1) is 5.69 Å². The number of hydrogen-bond acceptors (Lipinski definition) is 2. The molecule has 0 bridgehead atoms. The Morgan fingerprint density at radius 1 is 0.340 bits per heavy atom. The summed E-state index contributed by atoms with van der Waals surface area (Å²) in [6.07, 6.45) is 0. The molecule has 0 saturated heterocycles. The molecule has 0 amide bonds. The van der Waals surface area contributed by atoms with Crippen LogP contribution in [0.5, 0.6) is 0 Å². The van der Waals surface area contributed by atoms with Crippen LogP contribution >= 0.6 is 0 Å². The van der Waals surface area contributed by atoms with E-state index in [1.54, 1.807) is 0 Å². The molecule has 0 aliphatic heterocycles. The SMILES string of the molecule is c1ccc(-c2ccccc2N(c2ccc(-c3cc4ccccc4c4ccccc34)cc2)c2ccc3c(c2)oc2c4ccccc4ccc32)cc1. The monoisotopic (exact) mass is 637 g/mol. The van der Waals surface area contributed by atoms with E-state index in [4.69, 9.17) is 4.42 Å². The van der Waals surface area contributed by atoms with Crippen LogP contribution in [0.1, 0.15) is 0 Å². The maximum absolute atomic E-state index is 6.67. The summed E-state index contributed by atoms with van der Waals surface area (Å²) in [5.41, 5.74) is 9.76. The van der Waals surface area contributed by atoms with Gasteiger partial charge in [-0.1, -0.05) is 140 Å². The normalized spacial score (nSPS) is 11.6. The molecule has 50 heavy (non-hydrogen) atoms. The molecule has 1 heterocycles. The van der Waals surface area contributed by atoms with E-state index < -0.39 is 0 Å². The van der Waals surface area contributed by atoms with Gasteiger partial charge in [0.2, 0.25) is 0 Å². The summed E-state index contributed by atoms with van der Waals surface area (Å²) in [6, 6.07) is 67.4. The summed E-state index contributed by atoms with van der Waals surface area (Å²) in [5.74, 6) is 0. The van der Waals surface area contributed by atoms with Crippen LogP contribution in [0.15, 0.2) is 192 Å². The summed E-state index contributed by atoms with van der Waals surface area (Å²) in [5, 5.41) is 9.61. The van der Waals surface area contributed by atoms with E-state index >= 15 is 0 Å². The van der Waals surface area contributed by atoms with E-state index in [1.165, 1.54) is 43.6 Å². The highest BCUT2D eigenvalue weighted by Crippen LogP contribution is 2.44. The molecule has 0 radical (unpaired) electrons. The van der Waals surface area contributed by atoms with E-state index in [1.807, 2.05) is 0 Å². The Hall–Kier alpha value is -6.64. The van der Waals surface area contributed by atoms with Gasteiger partial charge in [0, 0.05) is 39.2 Å². The van der Waals surface area contributed by atoms with Crippen LogP contribution < -0.4 is 4.90 Å². The Balaban J connectivity index is 1.16. The highest BCUT2D eigenvalue weighted by atomic mass is 16.3. The smallest absolute Gasteiger partial charge is 0.143 e. The van der Waals surface area contributed by atoms with E-state index in [-0.39, 0.29) is 0 Å². The molecule has 1 aromatic heterocycles. The summed E-state index contributed by atoms with van der Waals surface area (Å²) in [4.78, 5) is 2.36. The number of para-hydroxylation sites is 1. The second-order valence-electron chi connectivity index (χ2n) is 12.9. The van der Waals surface area contributed by atoms with E-state index in [9.17, 15) is 0 Å². The molecule has 0 atom stereocenters. The maximum atomic E-state index is 6.67. The lowest BCUT2D eigenvalue weighted by atomic mass is 9.93. The zero-order valence-electron chi connectivity index (χ0n) is 27.3. The van der Waals surface area contributed by atoms with Gasteiger partial charge in [-0.25, -0.2) is 0 Å². The molecule has 0 aliphatic carbocycles. The number of rotatable bonds is 5. The van der Waals surface area contributed by atoms with Crippen LogP contribution in [-0.2, 0) is 0 Å². The predicted molar refractivity (Wildman–Crippen MR) is 212 cm³/mol. The summed E-state index contributed by atoms with van der Waals surface area (Å²) >= 11 is 0. The molecule has 0 unspecified atom stereocenters. The van der Waals surface area contributed by atoms with Crippen molar-refractivity contribution in [1.29, 1.82) is 0 Å². The Bertz CT molecular complexity index is 2870. The highest BCUT2D eigenvalue weighted by Gasteiger charge is 2.20. The lowest BCUT2D eigenvalue weighted by Gasteiger charge is -2.28. The van der Waals surface area contributed by atoms with Crippen LogP contribution in [-0.4, -0.2) is 0 Å². The first-order chi connectivity index (χ1) is 24.8. The van der Waals surface area contributed by atoms with Crippen molar-refractivity contribution in [3.05, 3.63) is 188 Å². The number of furan rings is 1. The molecular formula is C48H31NO. The minimum absolute atomic E-state index is 0.871. The Morgan fingerprint density at radius 2 is 0.960 bits per heavy atom. The van der Waals surface area contributed by atoms with Crippen LogP contribution in [0.3, 0.4) is 0 Å². The third-order valence-electron chi connectivity index (χ3n) is 10.0. The Kier molecular flexibility index (Phi) is 6.53. The molecule has 2 nitrogen and oxygen atoms in total. The van der Waals surface area contributed by atoms with Crippen LogP contribution in [0.2, 0.25) is 0 Å². The molecule has 234 valence electrons. The summed E-state index contributed by atoms with van der Waals surface area (Å²) in [6.45, 7) is 0. The molecule has 10 rings (SSSR count). The fourth-order valence-electron chi connectivity index (χ4n) is 7.67. The van der Waals surface area contributed by atoms with Gasteiger partial charge in [-0.3, -0.25) is 0 Å². The van der Waals surface area contributed by atoms with Crippen molar-refractivity contribution in [2.75, 3.05) is 4.90 Å². The minimum atomic E-state index is 0.871. The number of anilines is 3. The van der Waals surface area contributed by atoms with Crippen molar-refractivity contribution in [1.82, 2.24) is 0 Å². The van der Waals surface area contributed by atoms with Gasteiger partial charge in [0.15, 0.2) is 0 Å². The van der Waals surface area contributed by atoms with Gasteiger partial charge < -0.3 is 9.32 Å². The third-order valence-corrected chi connectivity index (χ3v) is 10.0. The first-order valence-corrected chi connectivity index (χ1v) is 17.1. The molecule has 0 fully saturated rings. The fraction of sp³-hybridized carbons (Fsp3) is 0. The molecule has 0 aliphatic rings. The molecule has 2 heteroatoms. The zero-order chi connectivity index (χ0) is 33.0. The van der Waals surface area contributed by atoms with Gasteiger partial charge in [-0.05, 0) is 86.1 Å². The largest absolute Gasteiger partial charge is 0.455 e. The van der Waals surface area contributed by atoms with Crippen molar-refractivity contribution < 1.29 is 4.42 Å². The van der Waals surface area contributed by atoms with Gasteiger partial charge in [-0.2, -0.15) is 0 Å². The van der Waals surface area contributed by atoms with Gasteiger partial charge in [0.1, 0.15) is 11.2 Å². The van der Waals surface area contributed by atoms with Gasteiger partial charge in [0.25, 0.3) is 0 Å². The number of fused-ring (bicyclic) bond motifs is 8. The van der Waals surface area contributed by atoms with Crippen molar-refractivity contribution in [3.63, 3.8) is 0 Å². The zero-order valence-corrected chi connectivity index (χ0v) is 27.3. The molecular weight excluding hydrogens is 607 g/mol. The molecule has 0 saturated carbocycles. The molecule has 0 spiro atoms. The number of hydrogen-bond donors (Lipinski definition) is 0. The topological polar surface area (TPSA) is 16.4 Å². The first kappa shape index (κ1) is 28.4. The van der Waals surface area contributed by atoms with Crippen molar-refractivity contribution in [2.24, 2.45) is 0 Å². The lowest BCUT2D eigenvalue weighted by molar-refractivity contribution is 0.672. The fourth-order valence-corrected chi connectivity index (χ4v) is 7.67. The van der Waals surface area contributed by atoms with Crippen molar-refractivity contribution >= 4 is 71.3 Å². The number of nitrogens with zero attached hydrogens (tertiary/aromatic N) is 1. The van der Waals surface area contributed by atoms with Gasteiger partial charge >= 0.3 is 0 Å². The molecule has 10 aromatic rings. The average Bonchev–Trinajstić information content (AvgIpc) is 3.57. The van der Waals surface area contributed by atoms with Crippen LogP contribution in [0.25, 0.3) is 76.5 Å². The Labute approximate surface area is 290 Å². The predicted octanol–water partition coefficient (Wildman–Crippen LogP) is 13.8. The molecule has 9 aromatic carbocycles. The molecule has 0 N–H and O–H groups in total. The van der Waals surface area contributed by atoms with Crippen LogP contribution in [0.4, 0.5) is 17.1 Å². The Morgan fingerprint density at radius 3 is 1.80 bits per heavy atom. The van der Waals surface area contributed by atoms with Gasteiger partial charge in [-0.15, -0.1) is 0 Å². The van der Waals surface area contributed by atoms with E-state index in [2.05, 4.69) is 193 Å². The summed E-state index contributed by atoms with van der Waals surface area (Å²) < 4.78 is 6.67. The van der Waals surface area contributed by atoms with E-state index in [0.29, 0.717) is 0 Å². The number of benzene rings is 9. The quantitative estimate of drug-likeness (QED) is 0.175. The van der Waals surface area contributed by atoms with E-state index in [0.717, 1.165) is 50.0 Å². The highest BCUT2D eigenvalue weighted by molar-refractivity contribution is 6.16. The second kappa shape index (κ2) is 11.5. The third kappa shape index (κ3) is 4.57. The standard InChI is InChI=1S/C48H31NO/c1-2-12-32(13-3-1)39-17-10-11-21-46(39)49(37-27-29-43-44-28-24-33-14-4-7-18-40(33)48(44)50-47(43)31-37)36-25-22-34(23-26-36)45-30-35-15-5-6-16-38(35)41-19-8-9-20-42(41)45/h1-31H. The first-order valence-electron chi connectivity index (χ1n) is 17.1. The minimum Gasteiger partial charge on any atom is -0.455 e. The average molecular weight is 638 g/mol. The van der Waals surface area contributed by atoms with Crippen molar-refractivity contribution in [3.8, 4) is 22.3 Å². The lowest BCUT2D eigenvalue weighted by Crippen LogP contribution is -2.11.